The lowest BCUT2D eigenvalue weighted by molar-refractivity contribution is -0.115. The smallest absolute Gasteiger partial charge is 0.224 e. The first-order valence-electron chi connectivity index (χ1n) is 5.94. The Hall–Kier alpha value is -1.81. The molecule has 18 heavy (non-hydrogen) atoms. The third-order valence-corrected chi connectivity index (χ3v) is 3.39. The molecule has 0 atom stereocenters. The zero-order valence-electron chi connectivity index (χ0n) is 10.3. The monoisotopic (exact) mass is 260 g/mol. The SMILES string of the molecule is CCC(=O)Nc1cccc(NCc2cccs2)c1. The lowest BCUT2D eigenvalue weighted by Crippen LogP contribution is -2.09. The summed E-state index contributed by atoms with van der Waals surface area (Å²) in [7, 11) is 0. The summed E-state index contributed by atoms with van der Waals surface area (Å²) in [6.45, 7) is 2.65. The predicted molar refractivity (Wildman–Crippen MR) is 77.0 cm³/mol. The van der Waals surface area contributed by atoms with Crippen LogP contribution in [-0.2, 0) is 11.3 Å². The van der Waals surface area contributed by atoms with Crippen molar-refractivity contribution in [2.45, 2.75) is 19.9 Å². The van der Waals surface area contributed by atoms with Crippen LogP contribution >= 0.6 is 11.3 Å². The lowest BCUT2D eigenvalue weighted by Gasteiger charge is -2.08. The van der Waals surface area contributed by atoms with Crippen molar-refractivity contribution >= 4 is 28.6 Å². The van der Waals surface area contributed by atoms with Crippen LogP contribution in [0, 0.1) is 0 Å². The molecular formula is C14H16N2OS. The van der Waals surface area contributed by atoms with E-state index < -0.39 is 0 Å². The highest BCUT2D eigenvalue weighted by Crippen LogP contribution is 2.17. The van der Waals surface area contributed by atoms with Gasteiger partial charge in [0.1, 0.15) is 0 Å². The van der Waals surface area contributed by atoms with E-state index in [1.54, 1.807) is 11.3 Å². The molecule has 1 amide bonds. The fourth-order valence-corrected chi connectivity index (χ4v) is 2.20. The second-order valence-electron chi connectivity index (χ2n) is 3.92. The summed E-state index contributed by atoms with van der Waals surface area (Å²) in [4.78, 5) is 12.6. The van der Waals surface area contributed by atoms with Crippen LogP contribution in [0.25, 0.3) is 0 Å². The largest absolute Gasteiger partial charge is 0.380 e. The molecule has 94 valence electrons. The van der Waals surface area contributed by atoms with E-state index in [1.807, 2.05) is 37.3 Å². The summed E-state index contributed by atoms with van der Waals surface area (Å²) < 4.78 is 0. The van der Waals surface area contributed by atoms with Crippen LogP contribution in [0.4, 0.5) is 11.4 Å². The van der Waals surface area contributed by atoms with Crippen molar-refractivity contribution in [3.8, 4) is 0 Å². The number of carbonyl (C=O) groups excluding carboxylic acids is 1. The van der Waals surface area contributed by atoms with Crippen molar-refractivity contribution in [1.82, 2.24) is 0 Å². The van der Waals surface area contributed by atoms with Crippen molar-refractivity contribution < 1.29 is 4.79 Å². The zero-order valence-corrected chi connectivity index (χ0v) is 11.1. The molecule has 1 aromatic carbocycles. The molecule has 3 nitrogen and oxygen atoms in total. The highest BCUT2D eigenvalue weighted by molar-refractivity contribution is 7.09. The molecule has 0 fully saturated rings. The molecular weight excluding hydrogens is 244 g/mol. The van der Waals surface area contributed by atoms with E-state index in [-0.39, 0.29) is 5.91 Å². The van der Waals surface area contributed by atoms with Crippen LogP contribution in [-0.4, -0.2) is 5.91 Å². The number of rotatable bonds is 5. The second kappa shape index (κ2) is 6.21. The summed E-state index contributed by atoms with van der Waals surface area (Å²) in [6.07, 6.45) is 0.493. The van der Waals surface area contributed by atoms with Crippen LogP contribution in [0.15, 0.2) is 41.8 Å². The number of hydrogen-bond acceptors (Lipinski definition) is 3. The van der Waals surface area contributed by atoms with Gasteiger partial charge < -0.3 is 10.6 Å². The molecule has 0 saturated heterocycles. The highest BCUT2D eigenvalue weighted by atomic mass is 32.1. The van der Waals surface area contributed by atoms with Gasteiger partial charge >= 0.3 is 0 Å². The molecule has 0 radical (unpaired) electrons. The van der Waals surface area contributed by atoms with E-state index >= 15 is 0 Å². The third kappa shape index (κ3) is 3.60. The Morgan fingerprint density at radius 2 is 2.06 bits per heavy atom. The molecule has 0 aliphatic rings. The quantitative estimate of drug-likeness (QED) is 0.860. The van der Waals surface area contributed by atoms with Crippen molar-refractivity contribution in [3.05, 3.63) is 46.7 Å². The van der Waals surface area contributed by atoms with Crippen molar-refractivity contribution in [3.63, 3.8) is 0 Å². The molecule has 2 rings (SSSR count). The van der Waals surface area contributed by atoms with Gasteiger partial charge in [-0.3, -0.25) is 4.79 Å². The first-order valence-corrected chi connectivity index (χ1v) is 6.82. The molecule has 0 bridgehead atoms. The minimum absolute atomic E-state index is 0.0328. The van der Waals surface area contributed by atoms with Gasteiger partial charge in [0, 0.05) is 29.2 Å². The highest BCUT2D eigenvalue weighted by Gasteiger charge is 2.00. The average Bonchev–Trinajstić information content (AvgIpc) is 2.90. The summed E-state index contributed by atoms with van der Waals surface area (Å²) in [5, 5.41) is 8.25. The Morgan fingerprint density at radius 3 is 2.78 bits per heavy atom. The minimum atomic E-state index is 0.0328. The Kier molecular flexibility index (Phi) is 4.36. The van der Waals surface area contributed by atoms with Gasteiger partial charge in [-0.25, -0.2) is 0 Å². The van der Waals surface area contributed by atoms with E-state index in [0.717, 1.165) is 17.9 Å². The maximum absolute atomic E-state index is 11.3. The number of amides is 1. The summed E-state index contributed by atoms with van der Waals surface area (Å²) in [5.74, 6) is 0.0328. The third-order valence-electron chi connectivity index (χ3n) is 2.51. The van der Waals surface area contributed by atoms with Crippen molar-refractivity contribution in [1.29, 1.82) is 0 Å². The maximum Gasteiger partial charge on any atom is 0.224 e. The molecule has 1 aromatic heterocycles. The van der Waals surface area contributed by atoms with Crippen LogP contribution in [0.3, 0.4) is 0 Å². The number of hydrogen-bond donors (Lipinski definition) is 2. The summed E-state index contributed by atoms with van der Waals surface area (Å²) in [6, 6.07) is 11.9. The van der Waals surface area contributed by atoms with Gasteiger partial charge in [-0.2, -0.15) is 0 Å². The molecule has 0 spiro atoms. The van der Waals surface area contributed by atoms with Gasteiger partial charge in [-0.1, -0.05) is 19.1 Å². The standard InChI is InChI=1S/C14H16N2OS/c1-2-14(17)16-12-6-3-5-11(9-12)15-10-13-7-4-8-18-13/h3-9,15H,2,10H2,1H3,(H,16,17). The lowest BCUT2D eigenvalue weighted by atomic mass is 10.2. The van der Waals surface area contributed by atoms with Gasteiger partial charge in [0.15, 0.2) is 0 Å². The molecule has 2 N–H and O–H groups in total. The number of nitrogens with one attached hydrogen (secondary N) is 2. The van der Waals surface area contributed by atoms with Gasteiger partial charge in [0.25, 0.3) is 0 Å². The normalized spacial score (nSPS) is 10.1. The zero-order chi connectivity index (χ0) is 12.8. The average molecular weight is 260 g/mol. The van der Waals surface area contributed by atoms with E-state index in [1.165, 1.54) is 4.88 Å². The van der Waals surface area contributed by atoms with Crippen LogP contribution in [0.2, 0.25) is 0 Å². The van der Waals surface area contributed by atoms with Crippen molar-refractivity contribution in [2.24, 2.45) is 0 Å². The molecule has 0 unspecified atom stereocenters. The Labute approximate surface area is 111 Å². The number of thiophene rings is 1. The molecule has 0 aliphatic heterocycles. The topological polar surface area (TPSA) is 41.1 Å². The van der Waals surface area contributed by atoms with Crippen LogP contribution in [0.1, 0.15) is 18.2 Å². The van der Waals surface area contributed by atoms with E-state index in [9.17, 15) is 4.79 Å². The van der Waals surface area contributed by atoms with Crippen molar-refractivity contribution in [2.75, 3.05) is 10.6 Å². The first kappa shape index (κ1) is 12.6. The summed E-state index contributed by atoms with van der Waals surface area (Å²) >= 11 is 1.73. The Bertz CT molecular complexity index is 508. The Morgan fingerprint density at radius 1 is 1.22 bits per heavy atom. The number of benzene rings is 1. The predicted octanol–water partition coefficient (Wildman–Crippen LogP) is 3.71. The molecule has 4 heteroatoms. The molecule has 2 aromatic rings. The van der Waals surface area contributed by atoms with E-state index in [4.69, 9.17) is 0 Å². The van der Waals surface area contributed by atoms with Gasteiger partial charge in [0.05, 0.1) is 0 Å². The van der Waals surface area contributed by atoms with Gasteiger partial charge in [-0.05, 0) is 29.6 Å². The van der Waals surface area contributed by atoms with E-state index in [0.29, 0.717) is 6.42 Å². The summed E-state index contributed by atoms with van der Waals surface area (Å²) in [5.41, 5.74) is 1.84. The second-order valence-corrected chi connectivity index (χ2v) is 4.95. The molecule has 0 aliphatic carbocycles. The molecule has 1 heterocycles. The first-order chi connectivity index (χ1) is 8.78. The van der Waals surface area contributed by atoms with Crippen LogP contribution < -0.4 is 10.6 Å². The minimum Gasteiger partial charge on any atom is -0.380 e. The van der Waals surface area contributed by atoms with Crippen LogP contribution in [0.5, 0.6) is 0 Å². The number of carbonyl (C=O) groups is 1. The Balaban J connectivity index is 1.96. The van der Waals surface area contributed by atoms with Gasteiger partial charge in [-0.15, -0.1) is 11.3 Å². The maximum atomic E-state index is 11.3. The number of anilines is 2. The molecule has 0 saturated carbocycles. The fraction of sp³-hybridized carbons (Fsp3) is 0.214. The van der Waals surface area contributed by atoms with E-state index in [2.05, 4.69) is 22.1 Å². The van der Waals surface area contributed by atoms with Gasteiger partial charge in [0.2, 0.25) is 5.91 Å². The fourth-order valence-electron chi connectivity index (χ4n) is 1.56.